The van der Waals surface area contributed by atoms with E-state index >= 15 is 0 Å². The zero-order chi connectivity index (χ0) is 10.9. The number of benzene rings is 1. The van der Waals surface area contributed by atoms with Gasteiger partial charge in [-0.2, -0.15) is 0 Å². The summed E-state index contributed by atoms with van der Waals surface area (Å²) in [6.45, 7) is 5.65. The second-order valence-corrected chi connectivity index (χ2v) is 3.68. The molecule has 1 aromatic carbocycles. The molecule has 0 unspecified atom stereocenters. The second-order valence-electron chi connectivity index (χ2n) is 3.68. The minimum atomic E-state index is -0.376. The molecule has 0 aliphatic heterocycles. The minimum Gasteiger partial charge on any atom is -0.396 e. The highest BCUT2D eigenvalue weighted by atomic mass is 19.1. The molecule has 0 saturated carbocycles. The summed E-state index contributed by atoms with van der Waals surface area (Å²) in [5.74, 6) is 2.19. The molecule has 1 rings (SSSR count). The van der Waals surface area contributed by atoms with Crippen LogP contribution >= 0.6 is 0 Å². The van der Waals surface area contributed by atoms with Gasteiger partial charge in [-0.15, -0.1) is 6.42 Å². The highest BCUT2D eigenvalue weighted by Crippen LogP contribution is 2.28. The molecular weight excluding hydrogens is 177 g/mol. The molecule has 2 N–H and O–H groups in total. The van der Waals surface area contributed by atoms with Gasteiger partial charge in [0.15, 0.2) is 5.82 Å². The summed E-state index contributed by atoms with van der Waals surface area (Å²) in [6.07, 6.45) is 5.35. The van der Waals surface area contributed by atoms with E-state index in [1.807, 2.05) is 20.8 Å². The van der Waals surface area contributed by atoms with Gasteiger partial charge in [-0.25, -0.2) is 4.39 Å². The van der Waals surface area contributed by atoms with Crippen molar-refractivity contribution in [3.63, 3.8) is 0 Å². The Hall–Kier alpha value is -1.49. The molecule has 0 aliphatic carbocycles. The van der Waals surface area contributed by atoms with Crippen LogP contribution < -0.4 is 5.73 Å². The van der Waals surface area contributed by atoms with Crippen molar-refractivity contribution < 1.29 is 4.39 Å². The fourth-order valence-electron chi connectivity index (χ4n) is 1.58. The number of aryl methyl sites for hydroxylation is 1. The van der Waals surface area contributed by atoms with Crippen LogP contribution in [-0.4, -0.2) is 0 Å². The van der Waals surface area contributed by atoms with Crippen LogP contribution in [0.4, 0.5) is 10.1 Å². The topological polar surface area (TPSA) is 26.0 Å². The lowest BCUT2D eigenvalue weighted by atomic mass is 9.93. The minimum absolute atomic E-state index is 0.0447. The fourth-order valence-corrected chi connectivity index (χ4v) is 1.58. The maximum atomic E-state index is 13.7. The Bertz CT molecular complexity index is 400. The van der Waals surface area contributed by atoms with Crippen molar-refractivity contribution in [1.82, 2.24) is 0 Å². The van der Waals surface area contributed by atoms with Gasteiger partial charge < -0.3 is 5.73 Å². The van der Waals surface area contributed by atoms with Crippen LogP contribution in [0.5, 0.6) is 0 Å². The van der Waals surface area contributed by atoms with Crippen molar-refractivity contribution >= 4 is 5.69 Å². The van der Waals surface area contributed by atoms with E-state index < -0.39 is 0 Å². The van der Waals surface area contributed by atoms with E-state index in [-0.39, 0.29) is 17.4 Å². The van der Waals surface area contributed by atoms with Crippen molar-refractivity contribution in [2.24, 2.45) is 0 Å². The molecular formula is C12H14FN. The molecule has 1 aromatic rings. The van der Waals surface area contributed by atoms with Crippen LogP contribution in [0.2, 0.25) is 0 Å². The van der Waals surface area contributed by atoms with Crippen LogP contribution in [0.3, 0.4) is 0 Å². The van der Waals surface area contributed by atoms with Crippen molar-refractivity contribution in [2.75, 3.05) is 5.73 Å². The fraction of sp³-hybridized carbons (Fsp3) is 0.333. The van der Waals surface area contributed by atoms with Gasteiger partial charge in [-0.1, -0.05) is 19.8 Å². The largest absolute Gasteiger partial charge is 0.396 e. The lowest BCUT2D eigenvalue weighted by Crippen LogP contribution is -2.04. The van der Waals surface area contributed by atoms with Gasteiger partial charge in [0.25, 0.3) is 0 Å². The Morgan fingerprint density at radius 2 is 2.07 bits per heavy atom. The van der Waals surface area contributed by atoms with Crippen LogP contribution in [0.25, 0.3) is 0 Å². The molecule has 0 aliphatic rings. The predicted octanol–water partition coefficient (Wildman–Crippen LogP) is 2.82. The van der Waals surface area contributed by atoms with Crippen LogP contribution in [0.15, 0.2) is 6.07 Å². The lowest BCUT2D eigenvalue weighted by Gasteiger charge is -2.14. The Balaban J connectivity index is 3.59. The maximum Gasteiger partial charge on any atom is 0.150 e. The Labute approximate surface area is 84.1 Å². The first kappa shape index (κ1) is 10.6. The first-order valence-electron chi connectivity index (χ1n) is 4.54. The van der Waals surface area contributed by atoms with E-state index in [4.69, 9.17) is 12.2 Å². The number of halogens is 1. The van der Waals surface area contributed by atoms with Gasteiger partial charge >= 0.3 is 0 Å². The van der Waals surface area contributed by atoms with Gasteiger partial charge in [-0.3, -0.25) is 0 Å². The lowest BCUT2D eigenvalue weighted by molar-refractivity contribution is 0.601. The number of nitrogens with two attached hydrogens (primary N) is 1. The predicted molar refractivity (Wildman–Crippen MR) is 57.6 cm³/mol. The number of hydrogen-bond donors (Lipinski definition) is 1. The average molecular weight is 191 g/mol. The molecule has 0 heterocycles. The first-order valence-corrected chi connectivity index (χ1v) is 4.54. The quantitative estimate of drug-likeness (QED) is 0.536. The van der Waals surface area contributed by atoms with E-state index in [0.29, 0.717) is 11.1 Å². The van der Waals surface area contributed by atoms with E-state index in [9.17, 15) is 4.39 Å². The van der Waals surface area contributed by atoms with Gasteiger partial charge in [0.2, 0.25) is 0 Å². The van der Waals surface area contributed by atoms with E-state index in [2.05, 4.69) is 5.92 Å². The Kier molecular flexibility index (Phi) is 2.81. The normalized spacial score (nSPS) is 10.3. The van der Waals surface area contributed by atoms with Crippen LogP contribution in [0, 0.1) is 25.1 Å². The molecule has 0 saturated heterocycles. The molecule has 74 valence electrons. The maximum absolute atomic E-state index is 13.7. The molecule has 0 amide bonds. The molecule has 0 fully saturated rings. The SMILES string of the molecule is C#Cc1c(C)cc(N)c(F)c1C(C)C. The van der Waals surface area contributed by atoms with Crippen LogP contribution in [0.1, 0.15) is 36.5 Å². The van der Waals surface area contributed by atoms with Crippen molar-refractivity contribution in [3.05, 3.63) is 28.6 Å². The van der Waals surface area contributed by atoms with E-state index in [1.165, 1.54) is 0 Å². The molecule has 0 radical (unpaired) electrons. The summed E-state index contributed by atoms with van der Waals surface area (Å²) in [5.41, 5.74) is 7.74. The monoisotopic (exact) mass is 191 g/mol. The third-order valence-corrected chi connectivity index (χ3v) is 2.25. The smallest absolute Gasteiger partial charge is 0.150 e. The first-order chi connectivity index (χ1) is 6.49. The average Bonchev–Trinajstić information content (AvgIpc) is 2.10. The summed E-state index contributed by atoms with van der Waals surface area (Å²) < 4.78 is 13.7. The van der Waals surface area contributed by atoms with Gasteiger partial charge in [0, 0.05) is 11.1 Å². The zero-order valence-electron chi connectivity index (χ0n) is 8.69. The molecule has 0 atom stereocenters. The number of nitrogen functional groups attached to an aromatic ring is 1. The number of terminal acetylenes is 1. The van der Waals surface area contributed by atoms with Gasteiger partial charge in [-0.05, 0) is 24.5 Å². The highest BCUT2D eigenvalue weighted by molar-refractivity contribution is 5.57. The Morgan fingerprint density at radius 1 is 1.50 bits per heavy atom. The zero-order valence-corrected chi connectivity index (χ0v) is 8.69. The molecule has 0 aromatic heterocycles. The number of rotatable bonds is 1. The number of anilines is 1. The van der Waals surface area contributed by atoms with Crippen molar-refractivity contribution in [3.8, 4) is 12.3 Å². The summed E-state index contributed by atoms with van der Waals surface area (Å²) in [5, 5.41) is 0. The summed E-state index contributed by atoms with van der Waals surface area (Å²) in [7, 11) is 0. The second kappa shape index (κ2) is 3.71. The van der Waals surface area contributed by atoms with Crippen molar-refractivity contribution in [2.45, 2.75) is 26.7 Å². The highest BCUT2D eigenvalue weighted by Gasteiger charge is 2.16. The van der Waals surface area contributed by atoms with Crippen LogP contribution in [-0.2, 0) is 0 Å². The number of hydrogen-bond acceptors (Lipinski definition) is 1. The molecule has 0 bridgehead atoms. The van der Waals surface area contributed by atoms with E-state index in [0.717, 1.165) is 5.56 Å². The molecule has 1 nitrogen and oxygen atoms in total. The van der Waals surface area contributed by atoms with Gasteiger partial charge in [0.1, 0.15) is 0 Å². The van der Waals surface area contributed by atoms with Crippen molar-refractivity contribution in [1.29, 1.82) is 0 Å². The van der Waals surface area contributed by atoms with Gasteiger partial charge in [0.05, 0.1) is 5.69 Å². The van der Waals surface area contributed by atoms with E-state index in [1.54, 1.807) is 6.07 Å². The molecule has 14 heavy (non-hydrogen) atoms. The standard InChI is InChI=1S/C12H14FN/c1-5-9-8(4)6-10(14)12(13)11(9)7(2)3/h1,6-7H,14H2,2-4H3. The summed E-state index contributed by atoms with van der Waals surface area (Å²) in [6, 6.07) is 1.58. The molecule has 2 heteroatoms. The summed E-state index contributed by atoms with van der Waals surface area (Å²) in [4.78, 5) is 0. The third kappa shape index (κ3) is 1.58. The third-order valence-electron chi connectivity index (χ3n) is 2.25. The summed E-state index contributed by atoms with van der Waals surface area (Å²) >= 11 is 0. The Morgan fingerprint density at radius 3 is 2.50 bits per heavy atom. The molecule has 0 spiro atoms.